The predicted molar refractivity (Wildman–Crippen MR) is 123 cm³/mol. The predicted octanol–water partition coefficient (Wildman–Crippen LogP) is 5.49. The molecule has 2 heterocycles. The van der Waals surface area contributed by atoms with Crippen LogP contribution >= 0.6 is 0 Å². The van der Waals surface area contributed by atoms with Crippen molar-refractivity contribution in [3.8, 4) is 6.07 Å². The van der Waals surface area contributed by atoms with Gasteiger partial charge in [-0.25, -0.2) is 0 Å². The van der Waals surface area contributed by atoms with Crippen LogP contribution < -0.4 is 0 Å². The van der Waals surface area contributed by atoms with Crippen molar-refractivity contribution in [1.29, 1.82) is 5.26 Å². The number of alkyl halides is 3. The van der Waals surface area contributed by atoms with Gasteiger partial charge >= 0.3 is 12.1 Å². The van der Waals surface area contributed by atoms with Crippen molar-refractivity contribution >= 4 is 5.97 Å². The second-order valence-corrected chi connectivity index (χ2v) is 10.1. The molecular formula is C27H29F3N2O3. The van der Waals surface area contributed by atoms with Crippen LogP contribution in [0.1, 0.15) is 61.5 Å². The van der Waals surface area contributed by atoms with E-state index in [0.717, 1.165) is 50.0 Å². The molecule has 1 atom stereocenters. The molecule has 186 valence electrons. The summed E-state index contributed by atoms with van der Waals surface area (Å²) in [5.74, 6) is -0.129. The maximum Gasteiger partial charge on any atom is 0.416 e. The number of hydrogen-bond acceptors (Lipinski definition) is 5. The lowest BCUT2D eigenvalue weighted by Gasteiger charge is -2.38. The smallest absolute Gasteiger partial charge is 0.416 e. The Bertz CT molecular complexity index is 1080. The molecule has 8 heteroatoms. The van der Waals surface area contributed by atoms with Gasteiger partial charge in [-0.2, -0.15) is 18.4 Å². The van der Waals surface area contributed by atoms with E-state index in [4.69, 9.17) is 14.7 Å². The van der Waals surface area contributed by atoms with E-state index in [1.165, 1.54) is 12.1 Å². The van der Waals surface area contributed by atoms with Gasteiger partial charge in [-0.05, 0) is 49.2 Å². The number of benzene rings is 2. The van der Waals surface area contributed by atoms with Crippen molar-refractivity contribution < 1.29 is 27.4 Å². The number of carbonyl (C=O) groups is 1. The molecule has 0 radical (unpaired) electrons. The number of piperidine rings is 1. The Morgan fingerprint density at radius 2 is 1.63 bits per heavy atom. The topological polar surface area (TPSA) is 62.6 Å². The SMILES string of the molecule is CC1(C)CC2(CCN(CCOC(c3ccc(C#N)cc3)c3ccc(C(F)(F)F)cc3)CC2)OC1=O. The Morgan fingerprint density at radius 3 is 2.11 bits per heavy atom. The van der Waals surface area contributed by atoms with Gasteiger partial charge in [-0.3, -0.25) is 4.79 Å². The van der Waals surface area contributed by atoms with E-state index in [1.54, 1.807) is 24.3 Å². The van der Waals surface area contributed by atoms with E-state index < -0.39 is 23.3 Å². The van der Waals surface area contributed by atoms with E-state index in [1.807, 2.05) is 13.8 Å². The lowest BCUT2D eigenvalue weighted by molar-refractivity contribution is -0.156. The largest absolute Gasteiger partial charge is 0.459 e. The summed E-state index contributed by atoms with van der Waals surface area (Å²) in [6.45, 7) is 6.46. The number of halogens is 3. The fraction of sp³-hybridized carbons (Fsp3) is 0.481. The van der Waals surface area contributed by atoms with Crippen LogP contribution in [-0.2, 0) is 20.4 Å². The fourth-order valence-electron chi connectivity index (χ4n) is 4.98. The minimum Gasteiger partial charge on any atom is -0.459 e. The molecule has 4 rings (SSSR count). The lowest BCUT2D eigenvalue weighted by Crippen LogP contribution is -2.45. The molecule has 2 aliphatic rings. The molecule has 0 amide bonds. The molecule has 2 fully saturated rings. The highest BCUT2D eigenvalue weighted by Gasteiger charge is 2.52. The Labute approximate surface area is 203 Å². The van der Waals surface area contributed by atoms with Crippen molar-refractivity contribution in [1.82, 2.24) is 4.90 Å². The molecule has 5 nitrogen and oxygen atoms in total. The van der Waals surface area contributed by atoms with Crippen molar-refractivity contribution in [2.24, 2.45) is 5.41 Å². The third kappa shape index (κ3) is 5.68. The summed E-state index contributed by atoms with van der Waals surface area (Å²) in [4.78, 5) is 14.4. The van der Waals surface area contributed by atoms with E-state index in [9.17, 15) is 18.0 Å². The highest BCUT2D eigenvalue weighted by molar-refractivity contribution is 5.78. The average Bonchev–Trinajstić information content (AvgIpc) is 3.05. The molecule has 2 saturated heterocycles. The first-order valence-electron chi connectivity index (χ1n) is 11.8. The number of ether oxygens (including phenoxy) is 2. The van der Waals surface area contributed by atoms with Gasteiger partial charge in [0.05, 0.1) is 29.2 Å². The first kappa shape index (κ1) is 25.2. The zero-order valence-corrected chi connectivity index (χ0v) is 19.9. The molecule has 2 aliphatic heterocycles. The molecule has 35 heavy (non-hydrogen) atoms. The number of carbonyl (C=O) groups excluding carboxylic acids is 1. The molecular weight excluding hydrogens is 457 g/mol. The minimum absolute atomic E-state index is 0.129. The molecule has 1 unspecified atom stereocenters. The lowest BCUT2D eigenvalue weighted by atomic mass is 9.79. The number of esters is 1. The Morgan fingerprint density at radius 1 is 1.06 bits per heavy atom. The third-order valence-corrected chi connectivity index (χ3v) is 6.97. The molecule has 0 bridgehead atoms. The van der Waals surface area contributed by atoms with Crippen molar-refractivity contribution in [2.75, 3.05) is 26.2 Å². The van der Waals surface area contributed by atoms with Gasteiger partial charge in [0.1, 0.15) is 11.7 Å². The summed E-state index contributed by atoms with van der Waals surface area (Å²) < 4.78 is 51.0. The van der Waals surface area contributed by atoms with Gasteiger partial charge in [0.2, 0.25) is 0 Å². The molecule has 1 spiro atoms. The highest BCUT2D eigenvalue weighted by atomic mass is 19.4. The van der Waals surface area contributed by atoms with Crippen LogP contribution in [-0.4, -0.2) is 42.7 Å². The van der Waals surface area contributed by atoms with Crippen LogP contribution in [0.25, 0.3) is 0 Å². The summed E-state index contributed by atoms with van der Waals surface area (Å²) in [6.07, 6.45) is -2.67. The average molecular weight is 487 g/mol. The minimum atomic E-state index is -4.40. The monoisotopic (exact) mass is 486 g/mol. The zero-order chi connectivity index (χ0) is 25.3. The number of likely N-dealkylation sites (tertiary alicyclic amines) is 1. The van der Waals surface area contributed by atoms with Gasteiger partial charge in [0.25, 0.3) is 0 Å². The van der Waals surface area contributed by atoms with Gasteiger partial charge in [-0.1, -0.05) is 24.3 Å². The van der Waals surface area contributed by atoms with E-state index in [2.05, 4.69) is 11.0 Å². The van der Waals surface area contributed by atoms with E-state index in [0.29, 0.717) is 24.3 Å². The summed E-state index contributed by atoms with van der Waals surface area (Å²) in [7, 11) is 0. The summed E-state index contributed by atoms with van der Waals surface area (Å²) in [5.41, 5.74) is 0.349. The Kier molecular flexibility index (Phi) is 6.94. The maximum atomic E-state index is 13.0. The third-order valence-electron chi connectivity index (χ3n) is 6.97. The highest BCUT2D eigenvalue weighted by Crippen LogP contribution is 2.45. The summed E-state index contributed by atoms with van der Waals surface area (Å²) in [6, 6.07) is 13.9. The van der Waals surface area contributed by atoms with Crippen LogP contribution in [0.15, 0.2) is 48.5 Å². The first-order valence-corrected chi connectivity index (χ1v) is 11.8. The second-order valence-electron chi connectivity index (χ2n) is 10.1. The quantitative estimate of drug-likeness (QED) is 0.505. The molecule has 0 aromatic heterocycles. The number of nitriles is 1. The van der Waals surface area contributed by atoms with Crippen LogP contribution in [0, 0.1) is 16.7 Å². The Hall–Kier alpha value is -2.89. The van der Waals surface area contributed by atoms with Crippen LogP contribution in [0.5, 0.6) is 0 Å². The molecule has 0 saturated carbocycles. The van der Waals surface area contributed by atoms with Crippen LogP contribution in [0.2, 0.25) is 0 Å². The maximum absolute atomic E-state index is 13.0. The molecule has 0 aliphatic carbocycles. The van der Waals surface area contributed by atoms with Gasteiger partial charge in [0.15, 0.2) is 0 Å². The first-order chi connectivity index (χ1) is 16.5. The van der Waals surface area contributed by atoms with Crippen molar-refractivity contribution in [2.45, 2.75) is 51.0 Å². The van der Waals surface area contributed by atoms with E-state index >= 15 is 0 Å². The number of rotatable bonds is 6. The standard InChI is InChI=1S/C27H29F3N2O3/c1-25(2)18-26(35-24(25)33)11-13-32(14-12-26)15-16-34-23(20-5-3-19(17-31)4-6-20)21-7-9-22(10-8-21)27(28,29)30/h3-10,23H,11-16,18H2,1-2H3. The second kappa shape index (κ2) is 9.63. The Balaban J connectivity index is 1.40. The van der Waals surface area contributed by atoms with Gasteiger partial charge in [-0.15, -0.1) is 0 Å². The molecule has 2 aromatic carbocycles. The van der Waals surface area contributed by atoms with Crippen molar-refractivity contribution in [3.63, 3.8) is 0 Å². The molecule has 2 aromatic rings. The van der Waals surface area contributed by atoms with Crippen molar-refractivity contribution in [3.05, 3.63) is 70.8 Å². The molecule has 0 N–H and O–H groups in total. The van der Waals surface area contributed by atoms with Crippen LogP contribution in [0.3, 0.4) is 0 Å². The van der Waals surface area contributed by atoms with E-state index in [-0.39, 0.29) is 11.6 Å². The summed E-state index contributed by atoms with van der Waals surface area (Å²) >= 11 is 0. The zero-order valence-electron chi connectivity index (χ0n) is 19.9. The van der Waals surface area contributed by atoms with Gasteiger partial charge < -0.3 is 14.4 Å². The summed E-state index contributed by atoms with van der Waals surface area (Å²) in [5, 5.41) is 9.08. The normalized spacial score (nSPS) is 20.4. The van der Waals surface area contributed by atoms with Crippen LogP contribution in [0.4, 0.5) is 13.2 Å². The fourth-order valence-corrected chi connectivity index (χ4v) is 4.98. The van der Waals surface area contributed by atoms with Gasteiger partial charge in [0, 0.05) is 38.9 Å². The number of hydrogen-bond donors (Lipinski definition) is 0. The number of nitrogens with zero attached hydrogens (tertiary/aromatic N) is 2.